The second-order valence-corrected chi connectivity index (χ2v) is 3.94. The second kappa shape index (κ2) is 4.43. The second-order valence-electron chi connectivity index (χ2n) is 3.94. The molecule has 0 spiro atoms. The van der Waals surface area contributed by atoms with Crippen molar-refractivity contribution in [2.75, 3.05) is 13.2 Å². The average Bonchev–Trinajstić information content (AvgIpc) is 2.54. The van der Waals surface area contributed by atoms with Gasteiger partial charge in [0.2, 0.25) is 5.91 Å². The number of carbonyl (C=O) groups excluding carboxylic acids is 1. The Morgan fingerprint density at radius 2 is 2.50 bits per heavy atom. The van der Waals surface area contributed by atoms with Crippen molar-refractivity contribution in [3.63, 3.8) is 0 Å². The van der Waals surface area contributed by atoms with Crippen LogP contribution < -0.4 is 5.32 Å². The normalized spacial score (nSPS) is 28.1. The molecule has 4 nitrogen and oxygen atoms in total. The van der Waals surface area contributed by atoms with E-state index < -0.39 is 5.92 Å². The fourth-order valence-electron chi connectivity index (χ4n) is 1.49. The fourth-order valence-corrected chi connectivity index (χ4v) is 1.49. The number of nitriles is 1. The molecular formula is C10H16N2O2. The predicted octanol–water partition coefficient (Wildman–Crippen LogP) is 0.831. The quantitative estimate of drug-likeness (QED) is 0.727. The van der Waals surface area contributed by atoms with Gasteiger partial charge in [-0.2, -0.15) is 5.26 Å². The molecule has 1 amide bonds. The first-order chi connectivity index (χ1) is 6.61. The maximum atomic E-state index is 11.6. The van der Waals surface area contributed by atoms with E-state index in [1.807, 2.05) is 19.9 Å². The molecule has 1 rings (SSSR count). The zero-order chi connectivity index (χ0) is 10.6. The summed E-state index contributed by atoms with van der Waals surface area (Å²) < 4.78 is 5.21. The van der Waals surface area contributed by atoms with Crippen LogP contribution in [0.3, 0.4) is 0 Å². The first kappa shape index (κ1) is 11.0. The van der Waals surface area contributed by atoms with Crippen LogP contribution in [0.1, 0.15) is 26.7 Å². The van der Waals surface area contributed by atoms with Gasteiger partial charge in [0.25, 0.3) is 0 Å². The summed E-state index contributed by atoms with van der Waals surface area (Å²) in [5.41, 5.74) is -0.276. The highest BCUT2D eigenvalue weighted by Crippen LogP contribution is 2.18. The van der Waals surface area contributed by atoms with Gasteiger partial charge in [0, 0.05) is 6.61 Å². The third kappa shape index (κ3) is 2.46. The van der Waals surface area contributed by atoms with Crippen LogP contribution in [0.15, 0.2) is 0 Å². The molecule has 78 valence electrons. The number of hydrogen-bond acceptors (Lipinski definition) is 3. The predicted molar refractivity (Wildman–Crippen MR) is 51.4 cm³/mol. The van der Waals surface area contributed by atoms with E-state index in [4.69, 9.17) is 10.00 Å². The highest BCUT2D eigenvalue weighted by molar-refractivity contribution is 5.81. The van der Waals surface area contributed by atoms with E-state index in [0.29, 0.717) is 19.6 Å². The van der Waals surface area contributed by atoms with Crippen LogP contribution in [0.2, 0.25) is 0 Å². The average molecular weight is 196 g/mol. The molecule has 0 saturated carbocycles. The van der Waals surface area contributed by atoms with E-state index in [1.54, 1.807) is 0 Å². The summed E-state index contributed by atoms with van der Waals surface area (Å²) in [6, 6.07) is 1.99. The van der Waals surface area contributed by atoms with E-state index in [9.17, 15) is 4.79 Å². The first-order valence-corrected chi connectivity index (χ1v) is 4.90. The van der Waals surface area contributed by atoms with Crippen LogP contribution in [0, 0.1) is 17.2 Å². The molecule has 0 aromatic carbocycles. The fraction of sp³-hybridized carbons (Fsp3) is 0.800. The van der Waals surface area contributed by atoms with Gasteiger partial charge in [0.1, 0.15) is 5.92 Å². The maximum absolute atomic E-state index is 11.6. The van der Waals surface area contributed by atoms with Crippen LogP contribution in [0.4, 0.5) is 0 Å². The summed E-state index contributed by atoms with van der Waals surface area (Å²) in [4.78, 5) is 11.6. The van der Waals surface area contributed by atoms with Gasteiger partial charge in [-0.15, -0.1) is 0 Å². The lowest BCUT2D eigenvalue weighted by Crippen LogP contribution is -2.48. The molecule has 0 aliphatic carbocycles. The SMILES string of the molecule is CCC(C#N)C(=O)NC1(C)CCOC1. The minimum absolute atomic E-state index is 0.178. The lowest BCUT2D eigenvalue weighted by molar-refractivity contribution is -0.125. The summed E-state index contributed by atoms with van der Waals surface area (Å²) in [6.07, 6.45) is 1.37. The van der Waals surface area contributed by atoms with Crippen molar-refractivity contribution in [2.45, 2.75) is 32.2 Å². The molecule has 1 saturated heterocycles. The Balaban J connectivity index is 2.51. The highest BCUT2D eigenvalue weighted by atomic mass is 16.5. The van der Waals surface area contributed by atoms with Gasteiger partial charge in [-0.05, 0) is 19.8 Å². The van der Waals surface area contributed by atoms with Crippen molar-refractivity contribution < 1.29 is 9.53 Å². The largest absolute Gasteiger partial charge is 0.379 e. The minimum Gasteiger partial charge on any atom is -0.379 e. The van der Waals surface area contributed by atoms with Gasteiger partial charge < -0.3 is 10.1 Å². The van der Waals surface area contributed by atoms with E-state index in [0.717, 1.165) is 6.42 Å². The summed E-state index contributed by atoms with van der Waals surface area (Å²) in [5, 5.41) is 11.6. The Labute approximate surface area is 84.2 Å². The molecule has 4 heteroatoms. The molecule has 2 atom stereocenters. The smallest absolute Gasteiger partial charge is 0.237 e. The third-order valence-electron chi connectivity index (χ3n) is 2.52. The van der Waals surface area contributed by atoms with Crippen LogP contribution in [-0.2, 0) is 9.53 Å². The zero-order valence-electron chi connectivity index (χ0n) is 8.67. The van der Waals surface area contributed by atoms with Gasteiger partial charge >= 0.3 is 0 Å². The minimum atomic E-state index is -0.535. The van der Waals surface area contributed by atoms with Crippen molar-refractivity contribution in [2.24, 2.45) is 5.92 Å². The molecule has 0 bridgehead atoms. The van der Waals surface area contributed by atoms with Crippen LogP contribution in [0.5, 0.6) is 0 Å². The van der Waals surface area contributed by atoms with E-state index in [2.05, 4.69) is 5.32 Å². The Morgan fingerprint density at radius 1 is 1.79 bits per heavy atom. The van der Waals surface area contributed by atoms with Crippen LogP contribution in [0.25, 0.3) is 0 Å². The molecule has 0 radical (unpaired) electrons. The summed E-state index contributed by atoms with van der Waals surface area (Å²) in [7, 11) is 0. The Hall–Kier alpha value is -1.08. The monoisotopic (exact) mass is 196 g/mol. The van der Waals surface area contributed by atoms with Gasteiger partial charge in [-0.3, -0.25) is 4.79 Å². The molecule has 1 N–H and O–H groups in total. The summed E-state index contributed by atoms with van der Waals surface area (Å²) in [6.45, 7) is 5.00. The number of nitrogens with zero attached hydrogens (tertiary/aromatic N) is 1. The van der Waals surface area contributed by atoms with Crippen LogP contribution in [-0.4, -0.2) is 24.7 Å². The van der Waals surface area contributed by atoms with Gasteiger partial charge in [-0.25, -0.2) is 0 Å². The standard InChI is InChI=1S/C10H16N2O2/c1-3-8(6-11)9(13)12-10(2)4-5-14-7-10/h8H,3-5,7H2,1-2H3,(H,12,13). The third-order valence-corrected chi connectivity index (χ3v) is 2.52. The Kier molecular flexibility index (Phi) is 3.48. The molecule has 14 heavy (non-hydrogen) atoms. The molecule has 1 fully saturated rings. The summed E-state index contributed by atoms with van der Waals surface area (Å²) >= 11 is 0. The van der Waals surface area contributed by atoms with Crippen molar-refractivity contribution in [1.29, 1.82) is 5.26 Å². The van der Waals surface area contributed by atoms with E-state index >= 15 is 0 Å². The number of nitrogens with one attached hydrogen (secondary N) is 1. The molecule has 0 aromatic heterocycles. The van der Waals surface area contributed by atoms with E-state index in [1.165, 1.54) is 0 Å². The van der Waals surface area contributed by atoms with Crippen LogP contribution >= 0.6 is 0 Å². The lowest BCUT2D eigenvalue weighted by atomic mass is 9.99. The van der Waals surface area contributed by atoms with Gasteiger partial charge in [0.15, 0.2) is 0 Å². The molecule has 2 unspecified atom stereocenters. The number of ether oxygens (including phenoxy) is 1. The molecule has 1 aliphatic rings. The first-order valence-electron chi connectivity index (χ1n) is 4.90. The maximum Gasteiger partial charge on any atom is 0.237 e. The van der Waals surface area contributed by atoms with Gasteiger partial charge in [0.05, 0.1) is 18.2 Å². The molecular weight excluding hydrogens is 180 g/mol. The van der Waals surface area contributed by atoms with Crippen molar-refractivity contribution in [3.05, 3.63) is 0 Å². The van der Waals surface area contributed by atoms with Crippen molar-refractivity contribution >= 4 is 5.91 Å². The highest BCUT2D eigenvalue weighted by Gasteiger charge is 2.32. The zero-order valence-corrected chi connectivity index (χ0v) is 8.67. The van der Waals surface area contributed by atoms with E-state index in [-0.39, 0.29) is 11.4 Å². The Bertz CT molecular complexity index is 251. The Morgan fingerprint density at radius 3 is 2.93 bits per heavy atom. The topological polar surface area (TPSA) is 62.1 Å². The molecule has 0 aromatic rings. The van der Waals surface area contributed by atoms with Gasteiger partial charge in [-0.1, -0.05) is 6.92 Å². The lowest BCUT2D eigenvalue weighted by Gasteiger charge is -2.24. The number of amides is 1. The molecule has 1 aliphatic heterocycles. The molecule has 1 heterocycles. The number of carbonyl (C=O) groups is 1. The summed E-state index contributed by atoms with van der Waals surface area (Å²) in [5.74, 6) is -0.713. The number of rotatable bonds is 3. The number of hydrogen-bond donors (Lipinski definition) is 1. The van der Waals surface area contributed by atoms with Crippen molar-refractivity contribution in [1.82, 2.24) is 5.32 Å². The van der Waals surface area contributed by atoms with Crippen molar-refractivity contribution in [3.8, 4) is 6.07 Å².